The summed E-state index contributed by atoms with van der Waals surface area (Å²) in [6.07, 6.45) is 23.2. The van der Waals surface area contributed by atoms with Crippen LogP contribution in [0.2, 0.25) is 0 Å². The van der Waals surface area contributed by atoms with Gasteiger partial charge >= 0.3 is 0 Å². The zero-order valence-corrected chi connectivity index (χ0v) is 40.3. The second kappa shape index (κ2) is 38.4. The van der Waals surface area contributed by atoms with E-state index in [1.165, 1.54) is 180 Å². The van der Waals surface area contributed by atoms with Gasteiger partial charge in [0.1, 0.15) is 48.8 Å². The number of aliphatic hydroxyl groups excluding tert-OH is 7. The van der Waals surface area contributed by atoms with Crippen LogP contribution in [0.4, 0.5) is 0 Å². The van der Waals surface area contributed by atoms with E-state index in [2.05, 4.69) is 13.8 Å². The van der Waals surface area contributed by atoms with Gasteiger partial charge in [0.25, 0.3) is 0 Å². The maximum absolute atomic E-state index is 11.1. The fourth-order valence-electron chi connectivity index (χ4n) is 8.37. The lowest BCUT2D eigenvalue weighted by Crippen LogP contribution is -2.64. The lowest BCUT2D eigenvalue weighted by molar-refractivity contribution is -0.359. The summed E-state index contributed by atoms with van der Waals surface area (Å²) < 4.78 is 23.2. The molecule has 0 radical (unpaired) electrons. The van der Waals surface area contributed by atoms with Gasteiger partial charge in [0.15, 0.2) is 12.6 Å². The Morgan fingerprint density at radius 2 is 0.787 bits per heavy atom. The normalized spacial score (nSPS) is 27.0. The average molecular weight is 911 g/mol. The number of aliphatic hydroxyl groups is 7. The first-order valence-electron chi connectivity index (χ1n) is 25.1. The Bertz CT molecular complexity index is 933. The molecule has 2 heterocycles. The number of rotatable bonds is 41. The van der Waals surface area contributed by atoms with Crippen molar-refractivity contribution < 1.29 is 54.7 Å². The van der Waals surface area contributed by atoms with Gasteiger partial charge in [0.05, 0.1) is 19.8 Å². The van der Waals surface area contributed by atoms with Crippen molar-refractivity contribution in [2.24, 2.45) is 5.92 Å². The van der Waals surface area contributed by atoms with E-state index >= 15 is 0 Å². The Balaban J connectivity index is 1.74. The molecule has 0 bridgehead atoms. The Hall–Kier alpha value is 0.260. The summed E-state index contributed by atoms with van der Waals surface area (Å²) in [6, 6.07) is 0. The van der Waals surface area contributed by atoms with Gasteiger partial charge in [-0.25, -0.2) is 0 Å². The molecule has 2 aliphatic rings. The molecule has 0 amide bonds. The molecule has 10 atom stereocenters. The van der Waals surface area contributed by atoms with Crippen LogP contribution in [0.15, 0.2) is 0 Å². The molecule has 2 fully saturated rings. The molecule has 2 aliphatic heterocycles. The minimum absolute atomic E-state index is 0.205. The predicted octanol–water partition coefficient (Wildman–Crippen LogP) is 8.67. The topological polar surface area (TPSA) is 179 Å². The van der Waals surface area contributed by atoms with E-state index in [0.717, 1.165) is 23.0 Å². The van der Waals surface area contributed by atoms with E-state index in [1.807, 2.05) is 23.5 Å². The van der Waals surface area contributed by atoms with Crippen LogP contribution in [0.25, 0.3) is 0 Å². The Labute approximate surface area is 380 Å². The van der Waals surface area contributed by atoms with Crippen molar-refractivity contribution in [1.29, 1.82) is 0 Å². The van der Waals surface area contributed by atoms with Gasteiger partial charge in [-0.15, -0.1) is 0 Å². The van der Waals surface area contributed by atoms with Crippen molar-refractivity contribution >= 4 is 23.5 Å². The summed E-state index contributed by atoms with van der Waals surface area (Å²) in [5.41, 5.74) is 0. The summed E-state index contributed by atoms with van der Waals surface area (Å²) in [7, 11) is 0. The maximum Gasteiger partial charge on any atom is 0.187 e. The second-order valence-electron chi connectivity index (χ2n) is 18.0. The van der Waals surface area contributed by atoms with E-state index < -0.39 is 74.6 Å². The molecule has 0 aromatic carbocycles. The van der Waals surface area contributed by atoms with E-state index in [-0.39, 0.29) is 5.92 Å². The van der Waals surface area contributed by atoms with Gasteiger partial charge in [-0.05, 0) is 35.9 Å². The molecule has 0 aromatic heterocycles. The highest BCUT2D eigenvalue weighted by atomic mass is 32.2. The predicted molar refractivity (Wildman–Crippen MR) is 251 cm³/mol. The molecule has 0 spiro atoms. The number of hydrogen-bond donors (Lipinski definition) is 7. The Morgan fingerprint density at radius 3 is 1.18 bits per heavy atom. The zero-order chi connectivity index (χ0) is 44.3. The van der Waals surface area contributed by atoms with Crippen molar-refractivity contribution in [1.82, 2.24) is 0 Å². The van der Waals surface area contributed by atoms with Crippen LogP contribution in [-0.2, 0) is 18.9 Å². The molecule has 364 valence electrons. The Morgan fingerprint density at radius 1 is 0.426 bits per heavy atom. The highest BCUT2D eigenvalue weighted by Crippen LogP contribution is 2.30. The third-order valence-corrected chi connectivity index (χ3v) is 15.0. The van der Waals surface area contributed by atoms with E-state index in [9.17, 15) is 35.7 Å². The number of thioether (sulfide) groups is 2. The largest absolute Gasteiger partial charge is 0.394 e. The quantitative estimate of drug-likeness (QED) is 0.0290. The molecule has 2 rings (SSSR count). The standard InChI is InChI=1S/C48H94O11S2/c1-3-5-7-9-11-13-15-17-19-21-23-25-27-29-31-60-36-38(37-61-32-30-28-26-24-22-20-18-16-14-12-10-8-6-4-2)35-56-47-45(55)43(53)46(40(34-50)58-47)59-48-44(54)42(52)41(51)39(33-49)57-48/h38-55H,3-37H2,1-2H3/t39-,40-,41+,42+,43-,44-,45-,46+,47+,48+/m1/s1. The van der Waals surface area contributed by atoms with Crippen LogP contribution < -0.4 is 0 Å². The maximum atomic E-state index is 11.1. The van der Waals surface area contributed by atoms with Gasteiger partial charge in [0, 0.05) is 5.92 Å². The molecular formula is C48H94O11S2. The van der Waals surface area contributed by atoms with Crippen molar-refractivity contribution in [3.05, 3.63) is 0 Å². The highest BCUT2D eigenvalue weighted by molar-refractivity contribution is 8.00. The van der Waals surface area contributed by atoms with Gasteiger partial charge in [-0.2, -0.15) is 23.5 Å². The molecule has 11 nitrogen and oxygen atoms in total. The third-order valence-electron chi connectivity index (χ3n) is 12.4. The first kappa shape index (κ1) is 57.4. The summed E-state index contributed by atoms with van der Waals surface area (Å²) in [5.74, 6) is 4.24. The van der Waals surface area contributed by atoms with Crippen LogP contribution in [0.1, 0.15) is 194 Å². The minimum atomic E-state index is -1.71. The van der Waals surface area contributed by atoms with Gasteiger partial charge in [-0.3, -0.25) is 0 Å². The third kappa shape index (κ3) is 25.7. The molecule has 13 heteroatoms. The lowest BCUT2D eigenvalue weighted by atomic mass is 9.97. The molecule has 0 unspecified atom stereocenters. The molecule has 0 saturated carbocycles. The van der Waals surface area contributed by atoms with Crippen molar-refractivity contribution in [3.8, 4) is 0 Å². The van der Waals surface area contributed by atoms with Gasteiger partial charge in [-0.1, -0.05) is 181 Å². The molecule has 61 heavy (non-hydrogen) atoms. The van der Waals surface area contributed by atoms with Crippen LogP contribution in [0.5, 0.6) is 0 Å². The molecule has 0 aromatic rings. The first-order valence-corrected chi connectivity index (χ1v) is 27.4. The summed E-state index contributed by atoms with van der Waals surface area (Å²) in [5, 5.41) is 72.7. The molecule has 0 aliphatic carbocycles. The smallest absolute Gasteiger partial charge is 0.187 e. The van der Waals surface area contributed by atoms with Crippen molar-refractivity contribution in [2.75, 3.05) is 42.8 Å². The van der Waals surface area contributed by atoms with E-state index in [1.54, 1.807) is 0 Å². The van der Waals surface area contributed by atoms with Crippen LogP contribution in [-0.4, -0.2) is 140 Å². The zero-order valence-electron chi connectivity index (χ0n) is 38.7. The monoisotopic (exact) mass is 911 g/mol. The molecular weight excluding hydrogens is 817 g/mol. The average Bonchev–Trinajstić information content (AvgIpc) is 3.26. The highest BCUT2D eigenvalue weighted by Gasteiger charge is 2.50. The number of hydrogen-bond acceptors (Lipinski definition) is 13. The van der Waals surface area contributed by atoms with Crippen LogP contribution in [0.3, 0.4) is 0 Å². The number of unbranched alkanes of at least 4 members (excludes halogenated alkanes) is 26. The first-order chi connectivity index (χ1) is 29.8. The van der Waals surface area contributed by atoms with Crippen LogP contribution >= 0.6 is 23.5 Å². The lowest BCUT2D eigenvalue weighted by Gasteiger charge is -2.46. The van der Waals surface area contributed by atoms with Crippen molar-refractivity contribution in [2.45, 2.75) is 255 Å². The van der Waals surface area contributed by atoms with E-state index in [0.29, 0.717) is 6.61 Å². The number of ether oxygens (including phenoxy) is 4. The van der Waals surface area contributed by atoms with Gasteiger partial charge < -0.3 is 54.7 Å². The Kier molecular flexibility index (Phi) is 36.1. The molecule has 2 saturated heterocycles. The fourth-order valence-corrected chi connectivity index (χ4v) is 10.8. The fraction of sp³-hybridized carbons (Fsp3) is 1.00. The second-order valence-corrected chi connectivity index (χ2v) is 20.3. The van der Waals surface area contributed by atoms with Crippen LogP contribution in [0, 0.1) is 5.92 Å². The summed E-state index contributed by atoms with van der Waals surface area (Å²) >= 11 is 3.90. The summed E-state index contributed by atoms with van der Waals surface area (Å²) in [6.45, 7) is 3.64. The minimum Gasteiger partial charge on any atom is -0.394 e. The van der Waals surface area contributed by atoms with Gasteiger partial charge in [0.2, 0.25) is 0 Å². The summed E-state index contributed by atoms with van der Waals surface area (Å²) in [4.78, 5) is 0. The van der Waals surface area contributed by atoms with E-state index in [4.69, 9.17) is 18.9 Å². The SMILES string of the molecule is CCCCCCCCCCCCCCCCSCC(CO[C@H]1O[C@H](CO)[C@H](O[C@@H]2O[C@H](CO)[C@H](O)[C@H](O)[C@H]2O)[C@H](O)[C@H]1O)CSCCCCCCCCCCCCCCCC. The van der Waals surface area contributed by atoms with Crippen molar-refractivity contribution in [3.63, 3.8) is 0 Å². The molecule has 7 N–H and O–H groups in total.